The van der Waals surface area contributed by atoms with Crippen LogP contribution in [0.25, 0.3) is 0 Å². The predicted molar refractivity (Wildman–Crippen MR) is 73.5 cm³/mol. The third-order valence-corrected chi connectivity index (χ3v) is 4.45. The first-order valence-electron chi connectivity index (χ1n) is 5.63. The fraction of sp³-hybridized carbons (Fsp3) is 0.545. The van der Waals surface area contributed by atoms with Crippen LogP contribution in [0.15, 0.2) is 17.2 Å². The van der Waals surface area contributed by atoms with Crippen LogP contribution >= 0.6 is 23.2 Å². The zero-order chi connectivity index (χ0) is 13.8. The van der Waals surface area contributed by atoms with E-state index in [9.17, 15) is 8.42 Å². The van der Waals surface area contributed by atoms with Crippen molar-refractivity contribution in [3.05, 3.63) is 22.4 Å². The van der Waals surface area contributed by atoms with E-state index >= 15 is 0 Å². The van der Waals surface area contributed by atoms with Crippen LogP contribution in [-0.2, 0) is 10.0 Å². The minimum Gasteiger partial charge on any atom is -0.242 e. The van der Waals surface area contributed by atoms with Crippen LogP contribution in [0.3, 0.4) is 0 Å². The standard InChI is InChI=1S/C11H16Cl2N2O2S/c1-8(2)4-3-5-15-18(16,17)9-6-10(12)11(13)14-7-9/h6-8,15H,3-5H2,1-2H3. The number of sulfonamides is 1. The Kier molecular flexibility index (Phi) is 5.85. The van der Waals surface area contributed by atoms with Crippen LogP contribution in [-0.4, -0.2) is 19.9 Å². The van der Waals surface area contributed by atoms with Crippen molar-refractivity contribution < 1.29 is 8.42 Å². The quantitative estimate of drug-likeness (QED) is 0.649. The first-order valence-corrected chi connectivity index (χ1v) is 7.87. The summed E-state index contributed by atoms with van der Waals surface area (Å²) in [6.07, 6.45) is 2.97. The smallest absolute Gasteiger partial charge is 0.242 e. The maximum atomic E-state index is 11.9. The van der Waals surface area contributed by atoms with Crippen molar-refractivity contribution >= 4 is 33.2 Å². The normalized spacial score (nSPS) is 12.1. The number of pyridine rings is 1. The number of hydrogen-bond acceptors (Lipinski definition) is 3. The molecule has 0 aliphatic heterocycles. The molecule has 0 amide bonds. The molecule has 4 nitrogen and oxygen atoms in total. The van der Waals surface area contributed by atoms with E-state index in [0.29, 0.717) is 12.5 Å². The molecule has 0 spiro atoms. The van der Waals surface area contributed by atoms with Gasteiger partial charge < -0.3 is 0 Å². The van der Waals surface area contributed by atoms with Crippen LogP contribution in [0.5, 0.6) is 0 Å². The topological polar surface area (TPSA) is 59.1 Å². The Bertz CT molecular complexity index is 504. The molecular formula is C11H16Cl2N2O2S. The van der Waals surface area contributed by atoms with Crippen LogP contribution in [0.4, 0.5) is 0 Å². The molecule has 0 aliphatic rings. The van der Waals surface area contributed by atoms with Crippen molar-refractivity contribution in [1.29, 1.82) is 0 Å². The summed E-state index contributed by atoms with van der Waals surface area (Å²) in [5, 5.41) is 0.220. The van der Waals surface area contributed by atoms with Gasteiger partial charge >= 0.3 is 0 Å². The summed E-state index contributed by atoms with van der Waals surface area (Å²) >= 11 is 11.4. The first-order chi connectivity index (χ1) is 8.33. The molecule has 1 aromatic rings. The van der Waals surface area contributed by atoms with Crippen molar-refractivity contribution in [1.82, 2.24) is 9.71 Å². The number of nitrogens with zero attached hydrogens (tertiary/aromatic N) is 1. The second-order valence-corrected chi connectivity index (χ2v) is 6.91. The lowest BCUT2D eigenvalue weighted by atomic mass is 10.1. The van der Waals surface area contributed by atoms with E-state index in [2.05, 4.69) is 23.6 Å². The highest BCUT2D eigenvalue weighted by atomic mass is 35.5. The molecule has 0 bridgehead atoms. The van der Waals surface area contributed by atoms with Gasteiger partial charge in [0.05, 0.1) is 5.02 Å². The first kappa shape index (κ1) is 15.7. The minimum absolute atomic E-state index is 0.0291. The van der Waals surface area contributed by atoms with Crippen molar-refractivity contribution in [3.63, 3.8) is 0 Å². The van der Waals surface area contributed by atoms with E-state index in [1.165, 1.54) is 12.3 Å². The summed E-state index contributed by atoms with van der Waals surface area (Å²) in [6, 6.07) is 1.29. The molecule has 7 heteroatoms. The monoisotopic (exact) mass is 310 g/mol. The summed E-state index contributed by atoms with van der Waals surface area (Å²) in [5.74, 6) is 0.557. The van der Waals surface area contributed by atoms with Gasteiger partial charge in [-0.2, -0.15) is 0 Å². The lowest BCUT2D eigenvalue weighted by molar-refractivity contribution is 0.539. The van der Waals surface area contributed by atoms with Crippen molar-refractivity contribution in [2.45, 2.75) is 31.6 Å². The molecule has 0 unspecified atom stereocenters. The molecule has 0 atom stereocenters. The van der Waals surface area contributed by atoms with Gasteiger partial charge in [0, 0.05) is 12.7 Å². The highest BCUT2D eigenvalue weighted by Crippen LogP contribution is 2.21. The van der Waals surface area contributed by atoms with Gasteiger partial charge in [0.25, 0.3) is 0 Å². The number of aromatic nitrogens is 1. The Morgan fingerprint density at radius 3 is 2.61 bits per heavy atom. The summed E-state index contributed by atoms with van der Waals surface area (Å²) in [5.41, 5.74) is 0. The van der Waals surface area contributed by atoms with Gasteiger partial charge in [0.2, 0.25) is 10.0 Å². The average molecular weight is 311 g/mol. The van der Waals surface area contributed by atoms with Gasteiger partial charge in [0.1, 0.15) is 10.0 Å². The van der Waals surface area contributed by atoms with E-state index in [4.69, 9.17) is 23.2 Å². The fourth-order valence-electron chi connectivity index (χ4n) is 1.35. The van der Waals surface area contributed by atoms with E-state index in [-0.39, 0.29) is 15.1 Å². The van der Waals surface area contributed by atoms with Crippen LogP contribution in [0, 0.1) is 5.92 Å². The second-order valence-electron chi connectivity index (χ2n) is 4.38. The van der Waals surface area contributed by atoms with Crippen LogP contribution in [0.2, 0.25) is 10.2 Å². The summed E-state index contributed by atoms with van der Waals surface area (Å²) in [4.78, 5) is 3.74. The number of hydrogen-bond donors (Lipinski definition) is 1. The molecule has 0 aromatic carbocycles. The zero-order valence-corrected chi connectivity index (χ0v) is 12.6. The molecule has 18 heavy (non-hydrogen) atoms. The number of halogens is 2. The van der Waals surface area contributed by atoms with Crippen LogP contribution < -0.4 is 4.72 Å². The predicted octanol–water partition coefficient (Wildman–Crippen LogP) is 3.10. The maximum absolute atomic E-state index is 11.9. The molecule has 0 saturated heterocycles. The summed E-state index contributed by atoms with van der Waals surface area (Å²) in [6.45, 7) is 4.59. The molecule has 102 valence electrons. The third kappa shape index (κ3) is 4.72. The molecule has 1 heterocycles. The number of nitrogens with one attached hydrogen (secondary N) is 1. The highest BCUT2D eigenvalue weighted by Gasteiger charge is 2.15. The summed E-state index contributed by atoms with van der Waals surface area (Å²) < 4.78 is 26.3. The van der Waals surface area contributed by atoms with E-state index in [1.807, 2.05) is 0 Å². The van der Waals surface area contributed by atoms with E-state index in [1.54, 1.807) is 0 Å². The van der Waals surface area contributed by atoms with Gasteiger partial charge in [-0.1, -0.05) is 37.0 Å². The summed E-state index contributed by atoms with van der Waals surface area (Å²) in [7, 11) is -3.55. The van der Waals surface area contributed by atoms with Gasteiger partial charge in [0.15, 0.2) is 0 Å². The Hall–Kier alpha value is -0.360. The van der Waals surface area contributed by atoms with Gasteiger partial charge in [-0.15, -0.1) is 0 Å². The SMILES string of the molecule is CC(C)CCCNS(=O)(=O)c1cnc(Cl)c(Cl)c1. The molecule has 0 radical (unpaired) electrons. The zero-order valence-electron chi connectivity index (χ0n) is 10.3. The largest absolute Gasteiger partial charge is 0.242 e. The minimum atomic E-state index is -3.55. The van der Waals surface area contributed by atoms with Gasteiger partial charge in [-0.3, -0.25) is 0 Å². The van der Waals surface area contributed by atoms with Crippen molar-refractivity contribution in [2.75, 3.05) is 6.54 Å². The Labute approximate surface area is 118 Å². The second kappa shape index (κ2) is 6.70. The van der Waals surface area contributed by atoms with Crippen LogP contribution in [0.1, 0.15) is 26.7 Å². The molecular weight excluding hydrogens is 295 g/mol. The third-order valence-electron chi connectivity index (χ3n) is 2.33. The lowest BCUT2D eigenvalue weighted by Crippen LogP contribution is -2.25. The van der Waals surface area contributed by atoms with Gasteiger partial charge in [-0.05, 0) is 24.8 Å². The Morgan fingerprint density at radius 2 is 2.06 bits per heavy atom. The molecule has 0 saturated carbocycles. The molecule has 1 aromatic heterocycles. The Morgan fingerprint density at radius 1 is 1.39 bits per heavy atom. The van der Waals surface area contributed by atoms with Gasteiger partial charge in [-0.25, -0.2) is 18.1 Å². The molecule has 1 rings (SSSR count). The van der Waals surface area contributed by atoms with Crippen molar-refractivity contribution in [3.8, 4) is 0 Å². The molecule has 0 aliphatic carbocycles. The van der Waals surface area contributed by atoms with E-state index in [0.717, 1.165) is 12.8 Å². The highest BCUT2D eigenvalue weighted by molar-refractivity contribution is 7.89. The Balaban J connectivity index is 2.66. The lowest BCUT2D eigenvalue weighted by Gasteiger charge is -2.08. The van der Waals surface area contributed by atoms with E-state index < -0.39 is 10.0 Å². The average Bonchev–Trinajstić information content (AvgIpc) is 2.28. The fourth-order valence-corrected chi connectivity index (χ4v) is 2.73. The maximum Gasteiger partial charge on any atom is 0.242 e. The number of rotatable bonds is 6. The molecule has 0 fully saturated rings. The van der Waals surface area contributed by atoms with Crippen molar-refractivity contribution in [2.24, 2.45) is 5.92 Å². The molecule has 1 N–H and O–H groups in total.